The number of aromatic nitrogens is 1. The molecule has 0 N–H and O–H groups in total. The van der Waals surface area contributed by atoms with Crippen LogP contribution in [0.5, 0.6) is 0 Å². The molecule has 0 radical (unpaired) electrons. The zero-order valence-electron chi connectivity index (χ0n) is 15.6. The van der Waals surface area contributed by atoms with Crippen LogP contribution in [-0.4, -0.2) is 27.5 Å². The molecular formula is C22H18F2N2O2S. The van der Waals surface area contributed by atoms with Crippen molar-refractivity contribution in [2.45, 2.75) is 18.0 Å². The van der Waals surface area contributed by atoms with Gasteiger partial charge in [0.1, 0.15) is 29.3 Å². The minimum absolute atomic E-state index is 0.154. The summed E-state index contributed by atoms with van der Waals surface area (Å²) in [5.74, 6) is -0.616. The number of aliphatic imine (C=N–C) groups is 1. The summed E-state index contributed by atoms with van der Waals surface area (Å²) in [5.41, 5.74) is 2.99. The molecule has 4 rings (SSSR count). The topological polar surface area (TPSA) is 51.5 Å². The van der Waals surface area contributed by atoms with Crippen LogP contribution in [0.2, 0.25) is 0 Å². The molecule has 4 nitrogen and oxygen atoms in total. The Morgan fingerprint density at radius 2 is 1.83 bits per heavy atom. The minimum Gasteiger partial charge on any atom is -0.475 e. The summed E-state index contributed by atoms with van der Waals surface area (Å²) in [6, 6.07) is 14.5. The zero-order chi connectivity index (χ0) is 20.4. The second-order valence-electron chi connectivity index (χ2n) is 6.53. The standard InChI is InChI=1S/C22H18F2N2O2S/c1-2-29(27)21-10-7-16(12-25-21)14-3-5-15(6-4-14)20-13-28-22(26-20)18-9-8-17(23)11-19(18)24/h3-12,20H,2,13H2,1H3. The molecule has 0 fully saturated rings. The summed E-state index contributed by atoms with van der Waals surface area (Å²) in [6.07, 6.45) is 1.71. The van der Waals surface area contributed by atoms with Gasteiger partial charge >= 0.3 is 0 Å². The van der Waals surface area contributed by atoms with Gasteiger partial charge in [-0.2, -0.15) is 0 Å². The first kappa shape index (κ1) is 19.4. The number of benzene rings is 2. The fourth-order valence-corrected chi connectivity index (χ4v) is 3.77. The van der Waals surface area contributed by atoms with Crippen molar-refractivity contribution in [1.82, 2.24) is 4.98 Å². The molecule has 0 saturated heterocycles. The lowest BCUT2D eigenvalue weighted by Crippen LogP contribution is -2.04. The van der Waals surface area contributed by atoms with Crippen LogP contribution in [0, 0.1) is 11.6 Å². The predicted molar refractivity (Wildman–Crippen MR) is 108 cm³/mol. The summed E-state index contributed by atoms with van der Waals surface area (Å²) in [5, 5.41) is 0.575. The molecule has 29 heavy (non-hydrogen) atoms. The Hall–Kier alpha value is -2.93. The monoisotopic (exact) mass is 412 g/mol. The molecule has 1 aliphatic heterocycles. The molecule has 0 aliphatic carbocycles. The third-order valence-corrected chi connectivity index (χ3v) is 5.91. The highest BCUT2D eigenvalue weighted by atomic mass is 32.2. The van der Waals surface area contributed by atoms with Crippen LogP contribution >= 0.6 is 0 Å². The molecule has 2 aromatic carbocycles. The van der Waals surface area contributed by atoms with Crippen LogP contribution in [-0.2, 0) is 15.5 Å². The largest absolute Gasteiger partial charge is 0.475 e. The Morgan fingerprint density at radius 3 is 2.48 bits per heavy atom. The number of pyridine rings is 1. The van der Waals surface area contributed by atoms with E-state index in [1.54, 1.807) is 12.3 Å². The second-order valence-corrected chi connectivity index (χ2v) is 8.21. The molecule has 1 aromatic heterocycles. The van der Waals surface area contributed by atoms with E-state index in [-0.39, 0.29) is 17.5 Å². The number of ether oxygens (including phenoxy) is 1. The first-order chi connectivity index (χ1) is 14.0. The van der Waals surface area contributed by atoms with E-state index in [9.17, 15) is 13.0 Å². The van der Waals surface area contributed by atoms with Gasteiger partial charge in [-0.25, -0.2) is 18.8 Å². The predicted octanol–water partition coefficient (Wildman–Crippen LogP) is 4.67. The lowest BCUT2D eigenvalue weighted by atomic mass is 10.0. The van der Waals surface area contributed by atoms with Crippen LogP contribution < -0.4 is 0 Å². The Morgan fingerprint density at radius 1 is 1.07 bits per heavy atom. The number of halogens is 2. The van der Waals surface area contributed by atoms with Crippen LogP contribution in [0.15, 0.2) is 70.8 Å². The highest BCUT2D eigenvalue weighted by Crippen LogP contribution is 2.28. The van der Waals surface area contributed by atoms with Crippen molar-refractivity contribution in [2.24, 2.45) is 4.99 Å². The van der Waals surface area contributed by atoms with E-state index in [1.165, 1.54) is 12.1 Å². The van der Waals surface area contributed by atoms with Gasteiger partial charge in [-0.15, -0.1) is 0 Å². The molecule has 0 saturated carbocycles. The van der Waals surface area contributed by atoms with Gasteiger partial charge in [-0.3, -0.25) is 4.21 Å². The van der Waals surface area contributed by atoms with Crippen molar-refractivity contribution in [1.29, 1.82) is 0 Å². The molecule has 0 spiro atoms. The molecule has 7 heteroatoms. The Labute approximate surface area is 169 Å². The van der Waals surface area contributed by atoms with Crippen molar-refractivity contribution >= 4 is 16.7 Å². The van der Waals surface area contributed by atoms with Gasteiger partial charge in [0, 0.05) is 23.6 Å². The van der Waals surface area contributed by atoms with Crippen LogP contribution in [0.3, 0.4) is 0 Å². The first-order valence-corrected chi connectivity index (χ1v) is 10.5. The lowest BCUT2D eigenvalue weighted by Gasteiger charge is -2.07. The number of hydrogen-bond acceptors (Lipinski definition) is 4. The molecule has 148 valence electrons. The number of hydrogen-bond donors (Lipinski definition) is 0. The van der Waals surface area contributed by atoms with Crippen molar-refractivity contribution in [3.63, 3.8) is 0 Å². The highest BCUT2D eigenvalue weighted by Gasteiger charge is 2.24. The molecule has 0 bridgehead atoms. The van der Waals surface area contributed by atoms with Gasteiger partial charge in [0.15, 0.2) is 0 Å². The second kappa shape index (κ2) is 8.21. The van der Waals surface area contributed by atoms with E-state index in [0.717, 1.165) is 22.8 Å². The van der Waals surface area contributed by atoms with E-state index in [0.29, 0.717) is 17.4 Å². The van der Waals surface area contributed by atoms with Gasteiger partial charge < -0.3 is 4.74 Å². The average molecular weight is 412 g/mol. The Bertz CT molecular complexity index is 1080. The molecule has 1 aliphatic rings. The third-order valence-electron chi connectivity index (χ3n) is 4.67. The van der Waals surface area contributed by atoms with Crippen LogP contribution in [0.25, 0.3) is 11.1 Å². The first-order valence-electron chi connectivity index (χ1n) is 9.16. The minimum atomic E-state index is -1.07. The molecule has 3 aromatic rings. The van der Waals surface area contributed by atoms with Crippen LogP contribution in [0.1, 0.15) is 24.1 Å². The van der Waals surface area contributed by atoms with Crippen molar-refractivity contribution in [2.75, 3.05) is 12.4 Å². The fraction of sp³-hybridized carbons (Fsp3) is 0.182. The summed E-state index contributed by atoms with van der Waals surface area (Å²) in [4.78, 5) is 8.73. The average Bonchev–Trinajstić information content (AvgIpc) is 3.23. The molecular weight excluding hydrogens is 394 g/mol. The van der Waals surface area contributed by atoms with E-state index >= 15 is 0 Å². The van der Waals surface area contributed by atoms with Gasteiger partial charge in [0.05, 0.1) is 16.4 Å². The molecule has 2 unspecified atom stereocenters. The van der Waals surface area contributed by atoms with E-state index in [4.69, 9.17) is 4.74 Å². The highest BCUT2D eigenvalue weighted by molar-refractivity contribution is 7.84. The third kappa shape index (κ3) is 4.10. The van der Waals surface area contributed by atoms with E-state index in [1.807, 2.05) is 37.3 Å². The van der Waals surface area contributed by atoms with Crippen molar-refractivity contribution in [3.8, 4) is 11.1 Å². The quantitative estimate of drug-likeness (QED) is 0.612. The molecule has 0 amide bonds. The molecule has 2 atom stereocenters. The maximum Gasteiger partial charge on any atom is 0.219 e. The Kier molecular flexibility index (Phi) is 5.49. The smallest absolute Gasteiger partial charge is 0.219 e. The Balaban J connectivity index is 1.52. The number of nitrogens with zero attached hydrogens (tertiary/aromatic N) is 2. The summed E-state index contributed by atoms with van der Waals surface area (Å²) in [7, 11) is -1.07. The van der Waals surface area contributed by atoms with Gasteiger partial charge in [0.25, 0.3) is 0 Å². The zero-order valence-corrected chi connectivity index (χ0v) is 16.5. The lowest BCUT2D eigenvalue weighted by molar-refractivity contribution is 0.318. The van der Waals surface area contributed by atoms with Crippen molar-refractivity contribution < 1.29 is 17.7 Å². The summed E-state index contributed by atoms with van der Waals surface area (Å²) >= 11 is 0. The number of rotatable bonds is 5. The fourth-order valence-electron chi connectivity index (χ4n) is 3.09. The van der Waals surface area contributed by atoms with Gasteiger partial charge in [-0.1, -0.05) is 37.3 Å². The maximum atomic E-state index is 13.9. The maximum absolute atomic E-state index is 13.9. The van der Waals surface area contributed by atoms with Crippen LogP contribution in [0.4, 0.5) is 8.78 Å². The van der Waals surface area contributed by atoms with E-state index < -0.39 is 22.4 Å². The van der Waals surface area contributed by atoms with Gasteiger partial charge in [-0.05, 0) is 29.3 Å². The van der Waals surface area contributed by atoms with Crippen molar-refractivity contribution in [3.05, 3.63) is 83.6 Å². The SMILES string of the molecule is CCS(=O)c1ccc(-c2ccc(C3COC(c4ccc(F)cc4F)=N3)cc2)cn1. The van der Waals surface area contributed by atoms with E-state index in [2.05, 4.69) is 9.98 Å². The van der Waals surface area contributed by atoms with Gasteiger partial charge in [0.2, 0.25) is 5.90 Å². The summed E-state index contributed by atoms with van der Waals surface area (Å²) < 4.78 is 44.4. The summed E-state index contributed by atoms with van der Waals surface area (Å²) in [6.45, 7) is 2.15. The molecule has 2 heterocycles. The normalized spacial score (nSPS) is 16.9.